The summed E-state index contributed by atoms with van der Waals surface area (Å²) in [5.74, 6) is -1.26. The van der Waals surface area contributed by atoms with E-state index in [1.54, 1.807) is 0 Å². The molecule has 0 fully saturated rings. The molecule has 0 saturated carbocycles. The molecule has 0 bridgehead atoms. The normalized spacial score (nSPS) is 10.2. The van der Waals surface area contributed by atoms with Crippen LogP contribution < -0.4 is 16.0 Å². The summed E-state index contributed by atoms with van der Waals surface area (Å²) in [7, 11) is 0. The lowest BCUT2D eigenvalue weighted by molar-refractivity contribution is -0.125. The first-order chi connectivity index (χ1) is 13.5. The predicted octanol–water partition coefficient (Wildman–Crippen LogP) is 2.59. The van der Waals surface area contributed by atoms with Gasteiger partial charge in [-0.15, -0.1) is 0 Å². The number of amides is 3. The minimum Gasteiger partial charge on any atom is -0.355 e. The van der Waals surface area contributed by atoms with Gasteiger partial charge in [-0.2, -0.15) is 0 Å². The number of halogens is 2. The van der Waals surface area contributed by atoms with Gasteiger partial charge in [-0.25, -0.2) is 0 Å². The van der Waals surface area contributed by atoms with Crippen molar-refractivity contribution in [3.63, 3.8) is 0 Å². The molecule has 0 aliphatic carbocycles. The van der Waals surface area contributed by atoms with Crippen LogP contribution in [0.4, 0.5) is 0 Å². The Bertz CT molecular complexity index is 829. The van der Waals surface area contributed by atoms with E-state index in [4.69, 9.17) is 23.2 Å². The molecular formula is C20H21Cl2N3O3. The van der Waals surface area contributed by atoms with E-state index in [1.165, 1.54) is 23.8 Å². The molecule has 0 aliphatic rings. The van der Waals surface area contributed by atoms with Crippen molar-refractivity contribution >= 4 is 40.9 Å². The van der Waals surface area contributed by atoms with E-state index >= 15 is 0 Å². The van der Waals surface area contributed by atoms with Crippen LogP contribution >= 0.6 is 23.2 Å². The van der Waals surface area contributed by atoms with Crippen LogP contribution in [0.1, 0.15) is 22.3 Å². The molecular weight excluding hydrogens is 401 g/mol. The van der Waals surface area contributed by atoms with Gasteiger partial charge < -0.3 is 16.0 Å². The Balaban J connectivity index is 1.61. The fourth-order valence-corrected chi connectivity index (χ4v) is 2.89. The van der Waals surface area contributed by atoms with Gasteiger partial charge in [0.25, 0.3) is 5.91 Å². The molecule has 2 aromatic rings. The molecule has 0 heterocycles. The Labute approximate surface area is 173 Å². The van der Waals surface area contributed by atoms with Crippen LogP contribution in [0.5, 0.6) is 0 Å². The van der Waals surface area contributed by atoms with Crippen LogP contribution in [0, 0.1) is 0 Å². The molecule has 0 aliphatic heterocycles. The van der Waals surface area contributed by atoms with Crippen molar-refractivity contribution in [1.29, 1.82) is 0 Å². The Morgan fingerprint density at radius 2 is 1.50 bits per heavy atom. The Morgan fingerprint density at radius 3 is 2.21 bits per heavy atom. The van der Waals surface area contributed by atoms with E-state index in [0.29, 0.717) is 11.6 Å². The van der Waals surface area contributed by atoms with E-state index in [-0.39, 0.29) is 29.6 Å². The number of nitrogens with one attached hydrogen (secondary N) is 3. The van der Waals surface area contributed by atoms with Gasteiger partial charge in [0.1, 0.15) is 0 Å². The van der Waals surface area contributed by atoms with Gasteiger partial charge in [0.15, 0.2) is 0 Å². The second kappa shape index (κ2) is 11.3. The molecule has 8 heteroatoms. The van der Waals surface area contributed by atoms with Gasteiger partial charge in [0.2, 0.25) is 11.8 Å². The zero-order valence-corrected chi connectivity index (χ0v) is 16.6. The minimum absolute atomic E-state index is 0.151. The quantitative estimate of drug-likeness (QED) is 0.543. The lowest BCUT2D eigenvalue weighted by Crippen LogP contribution is -2.42. The van der Waals surface area contributed by atoms with E-state index in [0.717, 1.165) is 12.8 Å². The first-order valence-electron chi connectivity index (χ1n) is 8.76. The van der Waals surface area contributed by atoms with Crippen molar-refractivity contribution in [1.82, 2.24) is 16.0 Å². The van der Waals surface area contributed by atoms with Crippen molar-refractivity contribution in [2.24, 2.45) is 0 Å². The molecule has 3 amide bonds. The summed E-state index contributed by atoms with van der Waals surface area (Å²) in [4.78, 5) is 35.5. The van der Waals surface area contributed by atoms with Crippen LogP contribution in [0.3, 0.4) is 0 Å². The summed E-state index contributed by atoms with van der Waals surface area (Å²) in [6.07, 6.45) is 1.67. The molecule has 2 rings (SSSR count). The number of hydrogen-bond acceptors (Lipinski definition) is 3. The number of rotatable bonds is 9. The number of carbonyl (C=O) groups excluding carboxylic acids is 3. The molecule has 0 saturated heterocycles. The first-order valence-corrected chi connectivity index (χ1v) is 9.52. The highest BCUT2D eigenvalue weighted by Crippen LogP contribution is 2.20. The molecule has 2 aromatic carbocycles. The van der Waals surface area contributed by atoms with E-state index in [9.17, 15) is 14.4 Å². The minimum atomic E-state index is -0.498. The maximum Gasteiger partial charge on any atom is 0.253 e. The summed E-state index contributed by atoms with van der Waals surface area (Å²) in [5.41, 5.74) is 1.43. The lowest BCUT2D eigenvalue weighted by atomic mass is 10.1. The van der Waals surface area contributed by atoms with Crippen LogP contribution in [-0.4, -0.2) is 37.4 Å². The fraction of sp³-hybridized carbons (Fsp3) is 0.250. The maximum absolute atomic E-state index is 12.0. The summed E-state index contributed by atoms with van der Waals surface area (Å²) >= 11 is 11.7. The zero-order chi connectivity index (χ0) is 20.4. The second-order valence-corrected chi connectivity index (χ2v) is 6.87. The third kappa shape index (κ3) is 7.58. The van der Waals surface area contributed by atoms with Crippen molar-refractivity contribution in [2.45, 2.75) is 12.8 Å². The summed E-state index contributed by atoms with van der Waals surface area (Å²) in [5, 5.41) is 8.24. The third-order valence-electron chi connectivity index (χ3n) is 3.84. The average Bonchev–Trinajstić information content (AvgIpc) is 2.68. The van der Waals surface area contributed by atoms with Crippen LogP contribution in [0.15, 0.2) is 48.5 Å². The molecule has 0 spiro atoms. The highest BCUT2D eigenvalue weighted by Gasteiger charge is 2.12. The monoisotopic (exact) mass is 421 g/mol. The summed E-state index contributed by atoms with van der Waals surface area (Å²) in [6.45, 7) is 0.107. The zero-order valence-electron chi connectivity index (χ0n) is 15.1. The molecule has 28 heavy (non-hydrogen) atoms. The largest absolute Gasteiger partial charge is 0.355 e. The van der Waals surface area contributed by atoms with Crippen molar-refractivity contribution in [2.75, 3.05) is 19.6 Å². The number of aryl methyl sites for hydroxylation is 1. The topological polar surface area (TPSA) is 87.3 Å². The van der Waals surface area contributed by atoms with Crippen LogP contribution in [-0.2, 0) is 16.0 Å². The molecule has 3 N–H and O–H groups in total. The highest BCUT2D eigenvalue weighted by atomic mass is 35.5. The van der Waals surface area contributed by atoms with Gasteiger partial charge in [-0.1, -0.05) is 53.5 Å². The van der Waals surface area contributed by atoms with Crippen LogP contribution in [0.25, 0.3) is 0 Å². The number of benzene rings is 2. The van der Waals surface area contributed by atoms with E-state index in [2.05, 4.69) is 16.0 Å². The van der Waals surface area contributed by atoms with Gasteiger partial charge in [0.05, 0.1) is 23.7 Å². The first kappa shape index (κ1) is 21.7. The Kier molecular flexibility index (Phi) is 8.78. The van der Waals surface area contributed by atoms with Crippen molar-refractivity contribution in [3.8, 4) is 0 Å². The molecule has 6 nitrogen and oxygen atoms in total. The lowest BCUT2D eigenvalue weighted by Gasteiger charge is -2.09. The van der Waals surface area contributed by atoms with Gasteiger partial charge in [-0.05, 0) is 36.6 Å². The molecule has 148 valence electrons. The SMILES string of the molecule is O=C(CNC(=O)CNC(=O)c1ccc(Cl)cc1Cl)NCCCc1ccccc1. The second-order valence-electron chi connectivity index (χ2n) is 6.02. The third-order valence-corrected chi connectivity index (χ3v) is 4.39. The van der Waals surface area contributed by atoms with Crippen molar-refractivity contribution in [3.05, 3.63) is 69.7 Å². The van der Waals surface area contributed by atoms with Gasteiger partial charge in [0, 0.05) is 11.6 Å². The number of hydrogen-bond donors (Lipinski definition) is 3. The molecule has 0 unspecified atom stereocenters. The Morgan fingerprint density at radius 1 is 0.821 bits per heavy atom. The molecule has 0 radical (unpaired) electrons. The maximum atomic E-state index is 12.0. The molecule has 0 aromatic heterocycles. The smallest absolute Gasteiger partial charge is 0.253 e. The number of carbonyl (C=O) groups is 3. The average molecular weight is 422 g/mol. The summed E-state index contributed by atoms with van der Waals surface area (Å²) in [6, 6.07) is 14.4. The Hall–Kier alpha value is -2.57. The van der Waals surface area contributed by atoms with Gasteiger partial charge >= 0.3 is 0 Å². The fourth-order valence-electron chi connectivity index (χ4n) is 2.40. The van der Waals surface area contributed by atoms with E-state index < -0.39 is 11.8 Å². The standard InChI is InChI=1S/C20H21Cl2N3O3/c21-15-8-9-16(17(22)11-15)20(28)25-13-19(27)24-12-18(26)23-10-4-7-14-5-2-1-3-6-14/h1-3,5-6,8-9,11H,4,7,10,12-13H2,(H,23,26)(H,24,27)(H,25,28). The predicted molar refractivity (Wildman–Crippen MR) is 110 cm³/mol. The van der Waals surface area contributed by atoms with Crippen LogP contribution in [0.2, 0.25) is 10.0 Å². The van der Waals surface area contributed by atoms with Crippen molar-refractivity contribution < 1.29 is 14.4 Å². The highest BCUT2D eigenvalue weighted by molar-refractivity contribution is 6.36. The summed E-state index contributed by atoms with van der Waals surface area (Å²) < 4.78 is 0. The van der Waals surface area contributed by atoms with E-state index in [1.807, 2.05) is 30.3 Å². The van der Waals surface area contributed by atoms with Gasteiger partial charge in [-0.3, -0.25) is 14.4 Å². The molecule has 0 atom stereocenters.